The zero-order valence-corrected chi connectivity index (χ0v) is 20.7. The number of benzene rings is 2. The van der Waals surface area contributed by atoms with E-state index in [-0.39, 0.29) is 5.91 Å². The van der Waals surface area contributed by atoms with Gasteiger partial charge in [0.05, 0.1) is 24.3 Å². The summed E-state index contributed by atoms with van der Waals surface area (Å²) in [6, 6.07) is 15.5. The normalized spacial score (nSPS) is 15.2. The first-order chi connectivity index (χ1) is 17.2. The third kappa shape index (κ3) is 6.73. The molecule has 1 aromatic heterocycles. The van der Waals surface area contributed by atoms with Crippen LogP contribution in [0.25, 0.3) is 0 Å². The highest BCUT2D eigenvalue weighted by atomic mass is 19.4. The molecule has 2 aromatic carbocycles. The van der Waals surface area contributed by atoms with Gasteiger partial charge >= 0.3 is 6.18 Å². The number of hydrogen-bond acceptors (Lipinski definition) is 4. The molecule has 1 fully saturated rings. The number of alkyl halides is 3. The molecule has 1 aliphatic rings. The Labute approximate surface area is 209 Å². The monoisotopic (exact) mass is 499 g/mol. The second-order valence-corrected chi connectivity index (χ2v) is 9.32. The quantitative estimate of drug-likeness (QED) is 0.509. The molecule has 0 unspecified atom stereocenters. The van der Waals surface area contributed by atoms with Crippen molar-refractivity contribution in [3.8, 4) is 0 Å². The molecule has 4 rings (SSSR count). The van der Waals surface area contributed by atoms with Crippen molar-refractivity contribution in [1.29, 1.82) is 0 Å². The van der Waals surface area contributed by atoms with E-state index in [2.05, 4.69) is 32.3 Å². The van der Waals surface area contributed by atoms with Gasteiger partial charge in [0.15, 0.2) is 0 Å². The Kier molecular flexibility index (Phi) is 8.11. The number of nitrogens with zero attached hydrogens (tertiary/aromatic N) is 4. The van der Waals surface area contributed by atoms with Crippen LogP contribution in [0.5, 0.6) is 0 Å². The van der Waals surface area contributed by atoms with Crippen LogP contribution in [0, 0.1) is 13.8 Å². The maximum absolute atomic E-state index is 12.7. The molecule has 0 aliphatic carbocycles. The highest BCUT2D eigenvalue weighted by molar-refractivity contribution is 5.78. The number of hydrogen-bond donors (Lipinski definition) is 1. The van der Waals surface area contributed by atoms with Crippen molar-refractivity contribution in [1.82, 2.24) is 24.9 Å². The Bertz CT molecular complexity index is 1150. The Balaban J connectivity index is 1.21. The summed E-state index contributed by atoms with van der Waals surface area (Å²) in [5, 5.41) is 7.69. The van der Waals surface area contributed by atoms with Gasteiger partial charge in [-0.25, -0.2) is 0 Å². The molecule has 6 nitrogen and oxygen atoms in total. The van der Waals surface area contributed by atoms with Crippen molar-refractivity contribution in [3.05, 3.63) is 88.2 Å². The number of aryl methyl sites for hydroxylation is 1. The minimum absolute atomic E-state index is 0.0270. The van der Waals surface area contributed by atoms with Crippen molar-refractivity contribution in [3.63, 3.8) is 0 Å². The van der Waals surface area contributed by atoms with Gasteiger partial charge in [0.1, 0.15) is 0 Å². The average molecular weight is 500 g/mol. The van der Waals surface area contributed by atoms with Crippen molar-refractivity contribution >= 4 is 5.91 Å². The highest BCUT2D eigenvalue weighted by Crippen LogP contribution is 2.29. The summed E-state index contributed by atoms with van der Waals surface area (Å²) in [5.41, 5.74) is 4.41. The van der Waals surface area contributed by atoms with E-state index < -0.39 is 11.7 Å². The SMILES string of the molecule is Cc1nn(Cc2ccccc2)c(C)c1CNC(=O)CN1CCN(Cc2ccc(C(F)(F)F)cc2)CC1. The van der Waals surface area contributed by atoms with E-state index in [1.54, 1.807) is 0 Å². The molecule has 0 saturated carbocycles. The zero-order valence-electron chi connectivity index (χ0n) is 20.7. The van der Waals surface area contributed by atoms with Crippen molar-refractivity contribution < 1.29 is 18.0 Å². The lowest BCUT2D eigenvalue weighted by atomic mass is 10.1. The topological polar surface area (TPSA) is 53.4 Å². The maximum atomic E-state index is 12.7. The van der Waals surface area contributed by atoms with Gasteiger partial charge in [0.2, 0.25) is 5.91 Å². The predicted molar refractivity (Wildman–Crippen MR) is 132 cm³/mol. The first kappa shape index (κ1) is 25.9. The molecular weight excluding hydrogens is 467 g/mol. The largest absolute Gasteiger partial charge is 0.416 e. The van der Waals surface area contributed by atoms with Gasteiger partial charge in [-0.1, -0.05) is 42.5 Å². The van der Waals surface area contributed by atoms with E-state index in [1.807, 2.05) is 36.7 Å². The van der Waals surface area contributed by atoms with E-state index >= 15 is 0 Å². The summed E-state index contributed by atoms with van der Waals surface area (Å²) < 4.78 is 40.2. The van der Waals surface area contributed by atoms with E-state index in [1.165, 1.54) is 17.7 Å². The number of amides is 1. The Morgan fingerprint density at radius 1 is 0.889 bits per heavy atom. The van der Waals surface area contributed by atoms with E-state index in [0.717, 1.165) is 60.8 Å². The fourth-order valence-corrected chi connectivity index (χ4v) is 4.51. The number of nitrogens with one attached hydrogen (secondary N) is 1. The number of halogens is 3. The molecule has 1 aliphatic heterocycles. The lowest BCUT2D eigenvalue weighted by Gasteiger charge is -2.34. The minimum Gasteiger partial charge on any atom is -0.351 e. The van der Waals surface area contributed by atoms with Crippen LogP contribution in [0.15, 0.2) is 54.6 Å². The molecule has 1 saturated heterocycles. The lowest BCUT2D eigenvalue weighted by molar-refractivity contribution is -0.137. The highest BCUT2D eigenvalue weighted by Gasteiger charge is 2.30. The molecule has 9 heteroatoms. The summed E-state index contributed by atoms with van der Waals surface area (Å²) >= 11 is 0. The van der Waals surface area contributed by atoms with Crippen LogP contribution in [0.2, 0.25) is 0 Å². The van der Waals surface area contributed by atoms with Crippen molar-refractivity contribution in [2.24, 2.45) is 0 Å². The Morgan fingerprint density at radius 2 is 1.50 bits per heavy atom. The Morgan fingerprint density at radius 3 is 2.14 bits per heavy atom. The van der Waals surface area contributed by atoms with Gasteiger partial charge in [-0.15, -0.1) is 0 Å². The second kappa shape index (κ2) is 11.3. The summed E-state index contributed by atoms with van der Waals surface area (Å²) in [6.45, 7) is 9.05. The molecule has 1 N–H and O–H groups in total. The molecule has 0 radical (unpaired) electrons. The van der Waals surface area contributed by atoms with E-state index in [4.69, 9.17) is 0 Å². The van der Waals surface area contributed by atoms with E-state index in [9.17, 15) is 18.0 Å². The first-order valence-corrected chi connectivity index (χ1v) is 12.1. The molecule has 36 heavy (non-hydrogen) atoms. The summed E-state index contributed by atoms with van der Waals surface area (Å²) in [6.07, 6.45) is -4.31. The van der Waals surface area contributed by atoms with Gasteiger partial charge in [-0.3, -0.25) is 19.3 Å². The van der Waals surface area contributed by atoms with Crippen LogP contribution in [0.3, 0.4) is 0 Å². The third-order valence-electron chi connectivity index (χ3n) is 6.69. The van der Waals surface area contributed by atoms with Gasteiger partial charge in [0, 0.05) is 50.5 Å². The fraction of sp³-hybridized carbons (Fsp3) is 0.407. The van der Waals surface area contributed by atoms with Crippen molar-refractivity contribution in [2.45, 2.75) is 39.7 Å². The Hall–Kier alpha value is -3.17. The van der Waals surface area contributed by atoms with Gasteiger partial charge in [0.25, 0.3) is 0 Å². The van der Waals surface area contributed by atoms with Crippen LogP contribution in [-0.4, -0.2) is 58.2 Å². The second-order valence-electron chi connectivity index (χ2n) is 9.32. The molecular formula is C27H32F3N5O. The van der Waals surface area contributed by atoms with Crippen molar-refractivity contribution in [2.75, 3.05) is 32.7 Å². The summed E-state index contributed by atoms with van der Waals surface area (Å²) in [5.74, 6) is -0.0270. The molecule has 0 atom stereocenters. The van der Waals surface area contributed by atoms with Crippen LogP contribution >= 0.6 is 0 Å². The summed E-state index contributed by atoms with van der Waals surface area (Å²) in [7, 11) is 0. The van der Waals surface area contributed by atoms with Gasteiger partial charge in [-0.2, -0.15) is 18.3 Å². The maximum Gasteiger partial charge on any atom is 0.416 e. The number of piperazine rings is 1. The molecule has 0 spiro atoms. The van der Waals surface area contributed by atoms with E-state index in [0.29, 0.717) is 26.2 Å². The molecule has 192 valence electrons. The number of carbonyl (C=O) groups is 1. The average Bonchev–Trinajstić information content (AvgIpc) is 3.11. The smallest absolute Gasteiger partial charge is 0.351 e. The van der Waals surface area contributed by atoms with Gasteiger partial charge < -0.3 is 5.32 Å². The number of rotatable bonds is 8. The number of carbonyl (C=O) groups excluding carboxylic acids is 1. The molecule has 1 amide bonds. The standard InChI is InChI=1S/C27H32F3N5O/c1-20-25(21(2)35(32-20)18-22-6-4-3-5-7-22)16-31-26(36)19-34-14-12-33(13-15-34)17-23-8-10-24(11-9-23)27(28,29)30/h3-11H,12-19H2,1-2H3,(H,31,36). The lowest BCUT2D eigenvalue weighted by Crippen LogP contribution is -2.49. The molecule has 0 bridgehead atoms. The minimum atomic E-state index is -4.31. The van der Waals surface area contributed by atoms with Crippen LogP contribution in [0.1, 0.15) is 33.6 Å². The zero-order chi connectivity index (χ0) is 25.7. The van der Waals surface area contributed by atoms with Gasteiger partial charge in [-0.05, 0) is 37.1 Å². The third-order valence-corrected chi connectivity index (χ3v) is 6.69. The molecule has 2 heterocycles. The predicted octanol–water partition coefficient (Wildman–Crippen LogP) is 4.00. The first-order valence-electron chi connectivity index (χ1n) is 12.1. The fourth-order valence-electron chi connectivity index (χ4n) is 4.51. The summed E-state index contributed by atoms with van der Waals surface area (Å²) in [4.78, 5) is 16.9. The van der Waals surface area contributed by atoms with Crippen LogP contribution in [0.4, 0.5) is 13.2 Å². The van der Waals surface area contributed by atoms with Crippen LogP contribution in [-0.2, 0) is 30.6 Å². The molecule has 3 aromatic rings. The number of aromatic nitrogens is 2. The van der Waals surface area contributed by atoms with Crippen LogP contribution < -0.4 is 5.32 Å².